The topological polar surface area (TPSA) is 50.5 Å². The molecule has 5 nitrogen and oxygen atoms in total. The molecule has 0 aliphatic carbocycles. The van der Waals surface area contributed by atoms with Crippen LogP contribution in [0.15, 0.2) is 42.5 Å². The minimum atomic E-state index is 0.0215. The van der Waals surface area contributed by atoms with E-state index in [1.807, 2.05) is 36.9 Å². The summed E-state index contributed by atoms with van der Waals surface area (Å²) in [7, 11) is 0. The van der Waals surface area contributed by atoms with Gasteiger partial charge in [0.2, 0.25) is 0 Å². The second-order valence-electron chi connectivity index (χ2n) is 7.18. The number of piperidine rings is 1. The van der Waals surface area contributed by atoms with E-state index >= 15 is 0 Å². The van der Waals surface area contributed by atoms with E-state index in [0.717, 1.165) is 42.8 Å². The Bertz CT molecular complexity index is 932. The lowest BCUT2D eigenvalue weighted by Gasteiger charge is -2.35. The normalized spacial score (nSPS) is 17.6. The maximum Gasteiger partial charge on any atom is 0.274 e. The van der Waals surface area contributed by atoms with Crippen LogP contribution in [0.5, 0.6) is 0 Å². The van der Waals surface area contributed by atoms with Crippen molar-refractivity contribution >= 4 is 11.6 Å². The number of fused-ring (bicyclic) bond motifs is 1. The number of carbonyl (C=O) groups excluding carboxylic acids is 1. The lowest BCUT2D eigenvalue weighted by Crippen LogP contribution is -2.45. The van der Waals surface area contributed by atoms with Gasteiger partial charge in [-0.2, -0.15) is 5.10 Å². The van der Waals surface area contributed by atoms with Crippen molar-refractivity contribution in [2.24, 2.45) is 0 Å². The summed E-state index contributed by atoms with van der Waals surface area (Å²) in [6.45, 7) is 4.75. The first kappa shape index (κ1) is 16.8. The molecule has 26 heavy (non-hydrogen) atoms. The van der Waals surface area contributed by atoms with Crippen molar-refractivity contribution in [1.29, 1.82) is 0 Å². The number of hydrogen-bond donors (Lipinski definition) is 0. The van der Waals surface area contributed by atoms with Gasteiger partial charge in [-0.15, -0.1) is 0 Å². The van der Waals surface area contributed by atoms with E-state index < -0.39 is 0 Å². The molecule has 4 rings (SSSR count). The maximum atomic E-state index is 13.2. The third-order valence-electron chi connectivity index (χ3n) is 5.15. The third kappa shape index (κ3) is 3.21. The Morgan fingerprint density at radius 2 is 1.96 bits per heavy atom. The molecule has 5 heteroatoms. The van der Waals surface area contributed by atoms with Gasteiger partial charge in [0.25, 0.3) is 5.91 Å². The van der Waals surface area contributed by atoms with Gasteiger partial charge in [-0.05, 0) is 51.2 Å². The maximum absolute atomic E-state index is 13.2. The first-order valence-electron chi connectivity index (χ1n) is 9.31. The minimum Gasteiger partial charge on any atom is -0.334 e. The largest absolute Gasteiger partial charge is 0.334 e. The monoisotopic (exact) mass is 348 g/mol. The van der Waals surface area contributed by atoms with Gasteiger partial charge in [-0.25, -0.2) is 9.50 Å². The average Bonchev–Trinajstić information content (AvgIpc) is 3.07. The molecular formula is C21H24N4O. The van der Waals surface area contributed by atoms with Gasteiger partial charge in [0.05, 0.1) is 0 Å². The molecule has 134 valence electrons. The Morgan fingerprint density at radius 3 is 2.77 bits per heavy atom. The SMILES string of the molecule is Cc1cc(C)n2nc(C(=O)N3CCCCC3Cc3ccccc3)cc2n1. The second-order valence-corrected chi connectivity index (χ2v) is 7.18. The summed E-state index contributed by atoms with van der Waals surface area (Å²) in [5.74, 6) is 0.0215. The van der Waals surface area contributed by atoms with Crippen LogP contribution in [0.25, 0.3) is 5.65 Å². The van der Waals surface area contributed by atoms with Crippen molar-refractivity contribution in [2.75, 3.05) is 6.54 Å². The lowest BCUT2D eigenvalue weighted by molar-refractivity contribution is 0.0607. The zero-order valence-corrected chi connectivity index (χ0v) is 15.4. The number of amides is 1. The van der Waals surface area contributed by atoms with Crippen molar-refractivity contribution in [3.05, 3.63) is 65.1 Å². The summed E-state index contributed by atoms with van der Waals surface area (Å²) >= 11 is 0. The highest BCUT2D eigenvalue weighted by Crippen LogP contribution is 2.23. The van der Waals surface area contributed by atoms with Crippen LogP contribution in [0, 0.1) is 13.8 Å². The number of hydrogen-bond acceptors (Lipinski definition) is 3. The molecular weight excluding hydrogens is 324 g/mol. The Hall–Kier alpha value is -2.69. The molecule has 1 aromatic carbocycles. The van der Waals surface area contributed by atoms with E-state index in [9.17, 15) is 4.79 Å². The molecule has 1 amide bonds. The zero-order chi connectivity index (χ0) is 18.1. The molecule has 0 bridgehead atoms. The van der Waals surface area contributed by atoms with Crippen molar-refractivity contribution < 1.29 is 4.79 Å². The average molecular weight is 348 g/mol. The van der Waals surface area contributed by atoms with Gasteiger partial charge >= 0.3 is 0 Å². The molecule has 0 saturated carbocycles. The molecule has 0 N–H and O–H groups in total. The van der Waals surface area contributed by atoms with Crippen LogP contribution in [-0.4, -0.2) is 38.0 Å². The van der Waals surface area contributed by atoms with Crippen LogP contribution in [0.4, 0.5) is 0 Å². The Labute approximate surface area is 153 Å². The Balaban J connectivity index is 1.62. The number of rotatable bonds is 3. The van der Waals surface area contributed by atoms with Crippen LogP contribution in [0.1, 0.15) is 46.7 Å². The number of benzene rings is 1. The summed E-state index contributed by atoms with van der Waals surface area (Å²) in [4.78, 5) is 19.7. The van der Waals surface area contributed by atoms with E-state index in [2.05, 4.69) is 34.3 Å². The number of carbonyl (C=O) groups is 1. The fraction of sp³-hybridized carbons (Fsp3) is 0.381. The first-order valence-corrected chi connectivity index (χ1v) is 9.31. The van der Waals surface area contributed by atoms with Crippen LogP contribution < -0.4 is 0 Å². The molecule has 0 radical (unpaired) electrons. The fourth-order valence-corrected chi connectivity index (χ4v) is 3.90. The predicted octanol–water partition coefficient (Wildman–Crippen LogP) is 3.58. The smallest absolute Gasteiger partial charge is 0.274 e. The lowest BCUT2D eigenvalue weighted by atomic mass is 9.95. The summed E-state index contributed by atoms with van der Waals surface area (Å²) in [6, 6.07) is 14.5. The number of aryl methyl sites for hydroxylation is 2. The highest BCUT2D eigenvalue weighted by Gasteiger charge is 2.29. The molecule has 2 aromatic heterocycles. The molecule has 1 aliphatic rings. The van der Waals surface area contributed by atoms with E-state index in [1.54, 1.807) is 4.52 Å². The van der Waals surface area contributed by atoms with Gasteiger partial charge in [-0.3, -0.25) is 4.79 Å². The fourth-order valence-electron chi connectivity index (χ4n) is 3.90. The minimum absolute atomic E-state index is 0.0215. The Morgan fingerprint density at radius 1 is 1.15 bits per heavy atom. The highest BCUT2D eigenvalue weighted by molar-refractivity contribution is 5.93. The van der Waals surface area contributed by atoms with Gasteiger partial charge in [0.1, 0.15) is 0 Å². The van der Waals surface area contributed by atoms with Gasteiger partial charge in [-0.1, -0.05) is 30.3 Å². The number of nitrogens with zero attached hydrogens (tertiary/aromatic N) is 4. The number of likely N-dealkylation sites (tertiary alicyclic amines) is 1. The zero-order valence-electron chi connectivity index (χ0n) is 15.4. The Kier molecular flexibility index (Phi) is 4.45. The van der Waals surface area contributed by atoms with Gasteiger partial charge in [0, 0.05) is 30.0 Å². The van der Waals surface area contributed by atoms with Crippen molar-refractivity contribution in [3.8, 4) is 0 Å². The standard InChI is InChI=1S/C21H24N4O/c1-15-12-16(2)25-20(22-15)14-19(23-25)21(26)24-11-7-6-10-18(24)13-17-8-4-3-5-9-17/h3-5,8-9,12,14,18H,6-7,10-11,13H2,1-2H3. The first-order chi connectivity index (χ1) is 12.6. The molecule has 1 atom stereocenters. The predicted molar refractivity (Wildman–Crippen MR) is 101 cm³/mol. The molecule has 3 heterocycles. The van der Waals surface area contributed by atoms with Crippen LogP contribution in [-0.2, 0) is 6.42 Å². The van der Waals surface area contributed by atoms with Crippen molar-refractivity contribution in [3.63, 3.8) is 0 Å². The molecule has 1 unspecified atom stereocenters. The quantitative estimate of drug-likeness (QED) is 0.727. The van der Waals surface area contributed by atoms with E-state index in [-0.39, 0.29) is 11.9 Å². The molecule has 0 spiro atoms. The van der Waals surface area contributed by atoms with E-state index in [4.69, 9.17) is 0 Å². The summed E-state index contributed by atoms with van der Waals surface area (Å²) in [5.41, 5.74) is 4.44. The molecule has 1 aliphatic heterocycles. The van der Waals surface area contributed by atoms with Gasteiger partial charge < -0.3 is 4.90 Å². The van der Waals surface area contributed by atoms with Crippen molar-refractivity contribution in [1.82, 2.24) is 19.5 Å². The summed E-state index contributed by atoms with van der Waals surface area (Å²) in [5, 5.41) is 4.53. The van der Waals surface area contributed by atoms with Crippen molar-refractivity contribution in [2.45, 2.75) is 45.6 Å². The van der Waals surface area contributed by atoms with E-state index in [0.29, 0.717) is 5.69 Å². The molecule has 1 fully saturated rings. The molecule has 1 saturated heterocycles. The molecule has 3 aromatic rings. The number of aromatic nitrogens is 3. The van der Waals surface area contributed by atoms with Crippen LogP contribution >= 0.6 is 0 Å². The highest BCUT2D eigenvalue weighted by atomic mass is 16.2. The van der Waals surface area contributed by atoms with E-state index in [1.165, 1.54) is 12.0 Å². The van der Waals surface area contributed by atoms with Gasteiger partial charge in [0.15, 0.2) is 11.3 Å². The summed E-state index contributed by atoms with van der Waals surface area (Å²) in [6.07, 6.45) is 4.17. The summed E-state index contributed by atoms with van der Waals surface area (Å²) < 4.78 is 1.76. The second kappa shape index (κ2) is 6.90. The van der Waals surface area contributed by atoms with Crippen LogP contribution in [0.3, 0.4) is 0 Å². The van der Waals surface area contributed by atoms with Crippen LogP contribution in [0.2, 0.25) is 0 Å². The third-order valence-corrected chi connectivity index (χ3v) is 5.15.